The Kier molecular flexibility index (Phi) is 6.67. The first-order valence-electron chi connectivity index (χ1n) is 7.55. The number of likely N-dealkylation sites (tertiary alicyclic amines) is 1. The summed E-state index contributed by atoms with van der Waals surface area (Å²) >= 11 is 5.59. The second kappa shape index (κ2) is 8.29. The molecule has 120 valence electrons. The third kappa shape index (κ3) is 4.44. The summed E-state index contributed by atoms with van der Waals surface area (Å²) in [5.41, 5.74) is 0.699. The topological polar surface area (TPSA) is 49.4 Å². The molecule has 1 aliphatic heterocycles. The fourth-order valence-electron chi connectivity index (χ4n) is 2.60. The monoisotopic (exact) mass is 478 g/mol. The maximum Gasteiger partial charge on any atom is 0.254 e. The van der Waals surface area contributed by atoms with Gasteiger partial charge in [0.05, 0.1) is 11.5 Å². The normalized spacial score (nSPS) is 18.1. The second-order valence-electron chi connectivity index (χ2n) is 5.51. The summed E-state index contributed by atoms with van der Waals surface area (Å²) in [7, 11) is 0. The van der Waals surface area contributed by atoms with Crippen molar-refractivity contribution in [3.63, 3.8) is 0 Å². The van der Waals surface area contributed by atoms with Gasteiger partial charge in [0, 0.05) is 27.7 Å². The summed E-state index contributed by atoms with van der Waals surface area (Å²) in [6.07, 6.45) is 2.66. The number of amides is 2. The van der Waals surface area contributed by atoms with E-state index in [1.165, 1.54) is 0 Å². The van der Waals surface area contributed by atoms with E-state index in [1.807, 2.05) is 30.0 Å². The number of halogens is 2. The highest BCUT2D eigenvalue weighted by atomic mass is 127. The van der Waals surface area contributed by atoms with Crippen molar-refractivity contribution in [3.05, 3.63) is 31.8 Å². The molecule has 1 saturated heterocycles. The van der Waals surface area contributed by atoms with Crippen LogP contribution in [0.3, 0.4) is 0 Å². The molecule has 0 radical (unpaired) electrons. The number of hydrogen-bond acceptors (Lipinski definition) is 2. The van der Waals surface area contributed by atoms with E-state index in [9.17, 15) is 9.59 Å². The van der Waals surface area contributed by atoms with E-state index < -0.39 is 0 Å². The average molecular weight is 479 g/mol. The molecular weight excluding hydrogens is 459 g/mol. The fraction of sp³-hybridized carbons (Fsp3) is 0.500. The van der Waals surface area contributed by atoms with Crippen LogP contribution in [0.5, 0.6) is 0 Å². The van der Waals surface area contributed by atoms with Crippen molar-refractivity contribution in [3.8, 4) is 0 Å². The molecular formula is C16H20BrIN2O2. The van der Waals surface area contributed by atoms with Gasteiger partial charge in [0.25, 0.3) is 5.91 Å². The number of rotatable bonds is 4. The Balaban J connectivity index is 2.07. The van der Waals surface area contributed by atoms with Gasteiger partial charge < -0.3 is 10.2 Å². The van der Waals surface area contributed by atoms with E-state index >= 15 is 0 Å². The quantitative estimate of drug-likeness (QED) is 0.674. The molecule has 0 aliphatic carbocycles. The summed E-state index contributed by atoms with van der Waals surface area (Å²) < 4.78 is 1.83. The van der Waals surface area contributed by atoms with Crippen molar-refractivity contribution in [1.29, 1.82) is 0 Å². The van der Waals surface area contributed by atoms with Gasteiger partial charge >= 0.3 is 0 Å². The van der Waals surface area contributed by atoms with Crippen molar-refractivity contribution in [1.82, 2.24) is 10.2 Å². The zero-order valence-corrected chi connectivity index (χ0v) is 16.3. The Morgan fingerprint density at radius 2 is 2.23 bits per heavy atom. The maximum absolute atomic E-state index is 12.7. The standard InChI is InChI=1S/C16H20BrIN2O2/c1-2-7-19-15(21)11-4-3-8-20(10-11)16(22)13-9-12(17)5-6-14(13)18/h5-6,9,11H,2-4,7-8,10H2,1H3,(H,19,21). The summed E-state index contributed by atoms with van der Waals surface area (Å²) in [5, 5.41) is 2.94. The first-order valence-corrected chi connectivity index (χ1v) is 9.42. The third-order valence-electron chi connectivity index (χ3n) is 3.79. The van der Waals surface area contributed by atoms with Gasteiger partial charge in [-0.1, -0.05) is 22.9 Å². The lowest BCUT2D eigenvalue weighted by molar-refractivity contribution is -0.126. The van der Waals surface area contributed by atoms with Crippen molar-refractivity contribution < 1.29 is 9.59 Å². The van der Waals surface area contributed by atoms with Crippen molar-refractivity contribution in [2.75, 3.05) is 19.6 Å². The zero-order valence-electron chi connectivity index (χ0n) is 12.6. The Bertz CT molecular complexity index is 565. The number of benzene rings is 1. The molecule has 1 fully saturated rings. The van der Waals surface area contributed by atoms with Crippen molar-refractivity contribution >= 4 is 50.3 Å². The largest absolute Gasteiger partial charge is 0.356 e. The first kappa shape index (κ1) is 17.7. The minimum absolute atomic E-state index is 0.0127. The lowest BCUT2D eigenvalue weighted by Gasteiger charge is -2.32. The maximum atomic E-state index is 12.7. The highest BCUT2D eigenvalue weighted by molar-refractivity contribution is 14.1. The van der Waals surface area contributed by atoms with Crippen LogP contribution >= 0.6 is 38.5 Å². The molecule has 1 atom stereocenters. The van der Waals surface area contributed by atoms with E-state index in [-0.39, 0.29) is 17.7 Å². The number of nitrogens with zero attached hydrogens (tertiary/aromatic N) is 1. The summed E-state index contributed by atoms with van der Waals surface area (Å²) in [4.78, 5) is 26.7. The molecule has 1 unspecified atom stereocenters. The molecule has 0 bridgehead atoms. The molecule has 1 aliphatic rings. The molecule has 2 amide bonds. The lowest BCUT2D eigenvalue weighted by Crippen LogP contribution is -2.45. The van der Waals surface area contributed by atoms with E-state index in [2.05, 4.69) is 43.8 Å². The second-order valence-corrected chi connectivity index (χ2v) is 7.58. The molecule has 1 N–H and O–H groups in total. The van der Waals surface area contributed by atoms with Gasteiger partial charge in [0.2, 0.25) is 5.91 Å². The van der Waals surface area contributed by atoms with Gasteiger partial charge in [-0.3, -0.25) is 9.59 Å². The highest BCUT2D eigenvalue weighted by Gasteiger charge is 2.29. The number of piperidine rings is 1. The van der Waals surface area contributed by atoms with E-state index in [1.54, 1.807) is 0 Å². The van der Waals surface area contributed by atoms with Crippen molar-refractivity contribution in [2.45, 2.75) is 26.2 Å². The zero-order chi connectivity index (χ0) is 16.1. The van der Waals surface area contributed by atoms with Crippen LogP contribution < -0.4 is 5.32 Å². The van der Waals surface area contributed by atoms with Crippen LogP contribution in [0.15, 0.2) is 22.7 Å². The molecule has 6 heteroatoms. The predicted octanol–water partition coefficient (Wildman–Crippen LogP) is 3.43. The van der Waals surface area contributed by atoms with Gasteiger partial charge in [0.1, 0.15) is 0 Å². The van der Waals surface area contributed by atoms with E-state index in [4.69, 9.17) is 0 Å². The van der Waals surface area contributed by atoms with Crippen LogP contribution in [0.2, 0.25) is 0 Å². The van der Waals surface area contributed by atoms with Crippen LogP contribution in [-0.4, -0.2) is 36.3 Å². The molecule has 1 aromatic rings. The number of nitrogens with one attached hydrogen (secondary N) is 1. The van der Waals surface area contributed by atoms with Gasteiger partial charge in [-0.2, -0.15) is 0 Å². The van der Waals surface area contributed by atoms with Crippen LogP contribution in [0, 0.1) is 9.49 Å². The Morgan fingerprint density at radius 1 is 1.45 bits per heavy atom. The molecule has 22 heavy (non-hydrogen) atoms. The molecule has 0 spiro atoms. The predicted molar refractivity (Wildman–Crippen MR) is 98.8 cm³/mol. The fourth-order valence-corrected chi connectivity index (χ4v) is 3.53. The van der Waals surface area contributed by atoms with Gasteiger partial charge in [-0.05, 0) is 60.1 Å². The van der Waals surface area contributed by atoms with E-state index in [0.717, 1.165) is 33.9 Å². The Morgan fingerprint density at radius 3 is 2.95 bits per heavy atom. The molecule has 2 rings (SSSR count). The van der Waals surface area contributed by atoms with Crippen LogP contribution in [0.4, 0.5) is 0 Å². The van der Waals surface area contributed by atoms with Crippen LogP contribution in [0.1, 0.15) is 36.5 Å². The summed E-state index contributed by atoms with van der Waals surface area (Å²) in [6, 6.07) is 5.70. The Labute approximate surface area is 153 Å². The van der Waals surface area contributed by atoms with E-state index in [0.29, 0.717) is 18.7 Å². The summed E-state index contributed by atoms with van der Waals surface area (Å²) in [6.45, 7) is 3.97. The minimum atomic E-state index is -0.0888. The van der Waals surface area contributed by atoms with Gasteiger partial charge in [-0.25, -0.2) is 0 Å². The molecule has 1 heterocycles. The number of hydrogen-bond donors (Lipinski definition) is 1. The molecule has 4 nitrogen and oxygen atoms in total. The lowest BCUT2D eigenvalue weighted by atomic mass is 9.96. The van der Waals surface area contributed by atoms with Crippen molar-refractivity contribution in [2.24, 2.45) is 5.92 Å². The number of carbonyl (C=O) groups excluding carboxylic acids is 2. The van der Waals surface area contributed by atoms with Gasteiger partial charge in [-0.15, -0.1) is 0 Å². The highest BCUT2D eigenvalue weighted by Crippen LogP contribution is 2.23. The number of carbonyl (C=O) groups is 2. The third-order valence-corrected chi connectivity index (χ3v) is 5.22. The smallest absolute Gasteiger partial charge is 0.254 e. The van der Waals surface area contributed by atoms with Crippen LogP contribution in [0.25, 0.3) is 0 Å². The average Bonchev–Trinajstić information content (AvgIpc) is 2.54. The Hall–Kier alpha value is -0.630. The minimum Gasteiger partial charge on any atom is -0.356 e. The molecule has 1 aromatic carbocycles. The first-order chi connectivity index (χ1) is 10.5. The summed E-state index contributed by atoms with van der Waals surface area (Å²) in [5.74, 6) is -0.00366. The van der Waals surface area contributed by atoms with Gasteiger partial charge in [0.15, 0.2) is 0 Å². The molecule has 0 saturated carbocycles. The molecule has 0 aromatic heterocycles. The van der Waals surface area contributed by atoms with Crippen LogP contribution in [-0.2, 0) is 4.79 Å². The SMILES string of the molecule is CCCNC(=O)C1CCCN(C(=O)c2cc(Br)ccc2I)C1.